The first-order chi connectivity index (χ1) is 11.0. The molecule has 6 nitrogen and oxygen atoms in total. The number of furan rings is 1. The molecule has 0 spiro atoms. The van der Waals surface area contributed by atoms with Crippen molar-refractivity contribution in [2.75, 3.05) is 25.6 Å². The van der Waals surface area contributed by atoms with Gasteiger partial charge in [0, 0.05) is 24.6 Å². The van der Waals surface area contributed by atoms with Crippen LogP contribution in [0.4, 0.5) is 5.88 Å². The number of benzene rings is 1. The van der Waals surface area contributed by atoms with Crippen LogP contribution in [0.25, 0.3) is 0 Å². The molecule has 122 valence electrons. The van der Waals surface area contributed by atoms with Gasteiger partial charge in [0.05, 0.1) is 10.7 Å². The van der Waals surface area contributed by atoms with Crippen LogP contribution in [0.2, 0.25) is 0 Å². The summed E-state index contributed by atoms with van der Waals surface area (Å²) in [6.45, 7) is -0.121. The van der Waals surface area contributed by atoms with Crippen molar-refractivity contribution in [2.45, 2.75) is 0 Å². The van der Waals surface area contributed by atoms with E-state index < -0.39 is 0 Å². The van der Waals surface area contributed by atoms with E-state index in [-0.39, 0.29) is 12.5 Å². The molecule has 0 saturated carbocycles. The van der Waals surface area contributed by atoms with E-state index in [9.17, 15) is 4.79 Å². The summed E-state index contributed by atoms with van der Waals surface area (Å²) in [5.74, 6) is 1.45. The lowest BCUT2D eigenvalue weighted by Crippen LogP contribution is -2.24. The number of ether oxygens (including phenoxy) is 1. The number of carbonyl (C=O) groups excluding carboxylic acids is 1. The number of hydrazone groups is 1. The van der Waals surface area contributed by atoms with Gasteiger partial charge in [-0.3, -0.25) is 4.79 Å². The molecule has 0 fully saturated rings. The molecule has 1 heterocycles. The highest BCUT2D eigenvalue weighted by Gasteiger charge is 2.09. The molecule has 1 amide bonds. The Morgan fingerprint density at radius 1 is 1.35 bits per heavy atom. The minimum Gasteiger partial charge on any atom is -0.484 e. The molecule has 0 aliphatic carbocycles. The summed E-state index contributed by atoms with van der Waals surface area (Å²) in [6.07, 6.45) is 1.43. The van der Waals surface area contributed by atoms with Crippen molar-refractivity contribution in [2.24, 2.45) is 5.10 Å². The molecule has 1 aromatic heterocycles. The monoisotopic (exact) mass is 443 g/mol. The molecule has 2 aromatic rings. The van der Waals surface area contributed by atoms with Crippen molar-refractivity contribution >= 4 is 49.9 Å². The van der Waals surface area contributed by atoms with Crippen molar-refractivity contribution in [3.8, 4) is 5.75 Å². The summed E-state index contributed by atoms with van der Waals surface area (Å²) in [4.78, 5) is 13.5. The summed E-state index contributed by atoms with van der Waals surface area (Å²) in [7, 11) is 3.73. The van der Waals surface area contributed by atoms with E-state index in [2.05, 4.69) is 42.4 Å². The van der Waals surface area contributed by atoms with Crippen molar-refractivity contribution in [1.29, 1.82) is 0 Å². The Bertz CT molecular complexity index is 696. The smallest absolute Gasteiger partial charge is 0.277 e. The quantitative estimate of drug-likeness (QED) is 0.547. The molecule has 0 aliphatic rings. The Kier molecular flexibility index (Phi) is 6.23. The Balaban J connectivity index is 1.81. The fourth-order valence-corrected chi connectivity index (χ4v) is 2.55. The van der Waals surface area contributed by atoms with Crippen LogP contribution >= 0.6 is 31.9 Å². The highest BCUT2D eigenvalue weighted by molar-refractivity contribution is 9.10. The molecular weight excluding hydrogens is 430 g/mol. The average molecular weight is 445 g/mol. The Morgan fingerprint density at radius 2 is 2.04 bits per heavy atom. The summed E-state index contributed by atoms with van der Waals surface area (Å²) in [5, 5.41) is 3.84. The lowest BCUT2D eigenvalue weighted by Gasteiger charge is -2.07. The molecule has 2 rings (SSSR count). The second kappa shape index (κ2) is 8.16. The van der Waals surface area contributed by atoms with Gasteiger partial charge in [0.15, 0.2) is 12.4 Å². The summed E-state index contributed by atoms with van der Waals surface area (Å²) in [6, 6.07) is 8.97. The van der Waals surface area contributed by atoms with Crippen LogP contribution in [0, 0.1) is 0 Å². The Morgan fingerprint density at radius 3 is 2.65 bits per heavy atom. The highest BCUT2D eigenvalue weighted by Crippen LogP contribution is 2.27. The Labute approximate surface area is 150 Å². The topological polar surface area (TPSA) is 67.1 Å². The van der Waals surface area contributed by atoms with E-state index in [4.69, 9.17) is 9.15 Å². The lowest BCUT2D eigenvalue weighted by atomic mass is 10.3. The highest BCUT2D eigenvalue weighted by atomic mass is 79.9. The van der Waals surface area contributed by atoms with Crippen LogP contribution in [-0.4, -0.2) is 32.8 Å². The minimum atomic E-state index is -0.359. The normalized spacial score (nSPS) is 10.8. The maximum atomic E-state index is 11.6. The van der Waals surface area contributed by atoms with Crippen LogP contribution in [-0.2, 0) is 4.79 Å². The third-order valence-electron chi connectivity index (χ3n) is 2.66. The first-order valence-electron chi connectivity index (χ1n) is 6.62. The van der Waals surface area contributed by atoms with Crippen molar-refractivity contribution < 1.29 is 13.9 Å². The van der Waals surface area contributed by atoms with Crippen LogP contribution in [0.1, 0.15) is 5.76 Å². The number of hydrogen-bond donors (Lipinski definition) is 1. The zero-order chi connectivity index (χ0) is 16.8. The largest absolute Gasteiger partial charge is 0.484 e. The predicted molar refractivity (Wildman–Crippen MR) is 96.1 cm³/mol. The van der Waals surface area contributed by atoms with E-state index >= 15 is 0 Å². The zero-order valence-electron chi connectivity index (χ0n) is 12.5. The number of nitrogens with zero attached hydrogens (tertiary/aromatic N) is 2. The molecule has 0 aliphatic heterocycles. The van der Waals surface area contributed by atoms with Crippen molar-refractivity contribution in [1.82, 2.24) is 5.43 Å². The second-order valence-electron chi connectivity index (χ2n) is 4.73. The number of hydrogen-bond acceptors (Lipinski definition) is 5. The number of halogens is 2. The van der Waals surface area contributed by atoms with Crippen molar-refractivity contribution in [3.05, 3.63) is 45.0 Å². The van der Waals surface area contributed by atoms with Gasteiger partial charge < -0.3 is 14.1 Å². The minimum absolute atomic E-state index is 0.121. The average Bonchev–Trinajstić information content (AvgIpc) is 2.88. The summed E-state index contributed by atoms with van der Waals surface area (Å²) in [5.41, 5.74) is 2.38. The summed E-state index contributed by atoms with van der Waals surface area (Å²) >= 11 is 6.71. The second-order valence-corrected chi connectivity index (χ2v) is 6.50. The van der Waals surface area contributed by atoms with Crippen LogP contribution in [0.15, 0.2) is 48.8 Å². The van der Waals surface area contributed by atoms with Crippen LogP contribution in [0.5, 0.6) is 5.75 Å². The first-order valence-corrected chi connectivity index (χ1v) is 8.21. The van der Waals surface area contributed by atoms with Gasteiger partial charge in [0.2, 0.25) is 5.88 Å². The van der Waals surface area contributed by atoms with Gasteiger partial charge in [0.1, 0.15) is 5.75 Å². The molecule has 23 heavy (non-hydrogen) atoms. The lowest BCUT2D eigenvalue weighted by molar-refractivity contribution is -0.123. The fraction of sp³-hybridized carbons (Fsp3) is 0.200. The first kappa shape index (κ1) is 17.6. The van der Waals surface area contributed by atoms with Gasteiger partial charge in [-0.1, -0.05) is 15.9 Å². The standard InChI is InChI=1S/C15H15Br2N3O3/c1-20(2)15-13(17)7-12(23-15)8-18-19-14(21)9-22-11-5-3-10(16)4-6-11/h3-8H,9H2,1-2H3,(H,19,21)/b18-8+. The van der Waals surface area contributed by atoms with Gasteiger partial charge >= 0.3 is 0 Å². The van der Waals surface area contributed by atoms with Crippen LogP contribution in [0.3, 0.4) is 0 Å². The molecule has 1 N–H and O–H groups in total. The molecular formula is C15H15Br2N3O3. The molecule has 0 atom stereocenters. The molecule has 0 saturated heterocycles. The van der Waals surface area contributed by atoms with E-state index in [1.807, 2.05) is 31.1 Å². The van der Waals surface area contributed by atoms with E-state index in [1.165, 1.54) is 6.21 Å². The molecule has 0 radical (unpaired) electrons. The maximum Gasteiger partial charge on any atom is 0.277 e. The number of amides is 1. The predicted octanol–water partition coefficient (Wildman–Crippen LogP) is 3.40. The maximum absolute atomic E-state index is 11.6. The molecule has 1 aromatic carbocycles. The molecule has 0 bridgehead atoms. The van der Waals surface area contributed by atoms with E-state index in [0.717, 1.165) is 8.95 Å². The number of nitrogens with one attached hydrogen (secondary N) is 1. The number of anilines is 1. The number of carbonyl (C=O) groups is 1. The summed E-state index contributed by atoms with van der Waals surface area (Å²) < 4.78 is 12.6. The van der Waals surface area contributed by atoms with E-state index in [0.29, 0.717) is 17.4 Å². The van der Waals surface area contributed by atoms with Gasteiger partial charge in [-0.25, -0.2) is 5.43 Å². The zero-order valence-corrected chi connectivity index (χ0v) is 15.7. The third kappa shape index (κ3) is 5.40. The van der Waals surface area contributed by atoms with Crippen LogP contribution < -0.4 is 15.1 Å². The van der Waals surface area contributed by atoms with Crippen molar-refractivity contribution in [3.63, 3.8) is 0 Å². The Hall–Kier alpha value is -1.80. The molecule has 8 heteroatoms. The van der Waals surface area contributed by atoms with Gasteiger partial charge in [0.25, 0.3) is 5.91 Å². The number of rotatable bonds is 6. The third-order valence-corrected chi connectivity index (χ3v) is 3.76. The van der Waals surface area contributed by atoms with E-state index in [1.54, 1.807) is 18.2 Å². The fourth-order valence-electron chi connectivity index (χ4n) is 1.62. The molecule has 0 unspecified atom stereocenters. The van der Waals surface area contributed by atoms with Gasteiger partial charge in [-0.05, 0) is 40.2 Å². The SMILES string of the molecule is CN(C)c1oc(/C=N/NC(=O)COc2ccc(Br)cc2)cc1Br. The van der Waals surface area contributed by atoms with Gasteiger partial charge in [-0.2, -0.15) is 5.10 Å². The van der Waals surface area contributed by atoms with Gasteiger partial charge in [-0.15, -0.1) is 0 Å².